The summed E-state index contributed by atoms with van der Waals surface area (Å²) in [5.74, 6) is 0.684. The number of benzene rings is 1. The van der Waals surface area contributed by atoms with Gasteiger partial charge in [0.2, 0.25) is 0 Å². The Balaban J connectivity index is 1.36. The van der Waals surface area contributed by atoms with Gasteiger partial charge < -0.3 is 14.4 Å². The van der Waals surface area contributed by atoms with Crippen molar-refractivity contribution in [2.75, 3.05) is 26.3 Å². The average Bonchev–Trinajstić information content (AvgIpc) is 3.12. The van der Waals surface area contributed by atoms with Crippen molar-refractivity contribution in [2.24, 2.45) is 0 Å². The predicted molar refractivity (Wildman–Crippen MR) is 97.4 cm³/mol. The number of aromatic nitrogens is 2. The molecule has 1 aromatic carbocycles. The molecule has 6 nitrogen and oxygen atoms in total. The molecule has 2 aromatic rings. The topological polar surface area (TPSA) is 67.4 Å². The summed E-state index contributed by atoms with van der Waals surface area (Å²) in [6.07, 6.45) is 4.33. The van der Waals surface area contributed by atoms with Gasteiger partial charge in [-0.2, -0.15) is 5.10 Å². The quantitative estimate of drug-likeness (QED) is 0.895. The van der Waals surface area contributed by atoms with Crippen LogP contribution >= 0.6 is 11.6 Å². The molecule has 7 heteroatoms. The lowest BCUT2D eigenvalue weighted by molar-refractivity contribution is -0.143. The van der Waals surface area contributed by atoms with E-state index in [1.165, 1.54) is 5.56 Å². The van der Waals surface area contributed by atoms with Crippen LogP contribution in [0.2, 0.25) is 5.02 Å². The van der Waals surface area contributed by atoms with Crippen LogP contribution in [0.15, 0.2) is 24.4 Å². The monoisotopic (exact) mass is 375 g/mol. The van der Waals surface area contributed by atoms with E-state index in [0.717, 1.165) is 30.5 Å². The Morgan fingerprint density at radius 1 is 1.42 bits per heavy atom. The molecule has 0 bridgehead atoms. The molecular weight excluding hydrogens is 354 g/mol. The first kappa shape index (κ1) is 17.4. The second-order valence-corrected chi connectivity index (χ2v) is 7.38. The third-order valence-electron chi connectivity index (χ3n) is 5.34. The van der Waals surface area contributed by atoms with Crippen molar-refractivity contribution in [3.05, 3.63) is 46.2 Å². The van der Waals surface area contributed by atoms with Gasteiger partial charge in [-0.25, -0.2) is 0 Å². The summed E-state index contributed by atoms with van der Waals surface area (Å²) >= 11 is 5.95. The zero-order valence-electron chi connectivity index (χ0n) is 14.8. The highest BCUT2D eigenvalue weighted by molar-refractivity contribution is 6.30. The molecule has 1 N–H and O–H groups in total. The number of carbonyl (C=O) groups excluding carboxylic acids is 1. The van der Waals surface area contributed by atoms with Crippen LogP contribution < -0.4 is 4.74 Å². The summed E-state index contributed by atoms with van der Waals surface area (Å²) in [5.41, 5.74) is 2.92. The number of hydrogen-bond donors (Lipinski definition) is 1. The highest BCUT2D eigenvalue weighted by atomic mass is 35.5. The van der Waals surface area contributed by atoms with Gasteiger partial charge in [0, 0.05) is 18.1 Å². The Bertz CT molecular complexity index is 812. The van der Waals surface area contributed by atoms with E-state index in [-0.39, 0.29) is 18.1 Å². The zero-order chi connectivity index (χ0) is 18.1. The van der Waals surface area contributed by atoms with Gasteiger partial charge in [0.25, 0.3) is 5.91 Å². The minimum atomic E-state index is -0.325. The number of rotatable bonds is 3. The lowest BCUT2D eigenvalue weighted by Crippen LogP contribution is -2.49. The van der Waals surface area contributed by atoms with Crippen LogP contribution in [-0.2, 0) is 21.6 Å². The molecule has 1 amide bonds. The summed E-state index contributed by atoms with van der Waals surface area (Å²) in [6.45, 7) is 3.96. The minimum Gasteiger partial charge on any atom is -0.483 e. The van der Waals surface area contributed by atoms with Crippen LogP contribution in [0.4, 0.5) is 0 Å². The molecule has 2 aliphatic heterocycles. The number of aryl methyl sites for hydroxylation is 1. The van der Waals surface area contributed by atoms with Gasteiger partial charge in [-0.3, -0.25) is 9.89 Å². The predicted octanol–water partition coefficient (Wildman–Crippen LogP) is 2.84. The third kappa shape index (κ3) is 3.19. The normalized spacial score (nSPS) is 18.6. The van der Waals surface area contributed by atoms with Crippen LogP contribution in [0.25, 0.3) is 0 Å². The molecule has 26 heavy (non-hydrogen) atoms. The molecule has 2 aliphatic rings. The highest BCUT2D eigenvalue weighted by Gasteiger charge is 2.43. The molecule has 1 fully saturated rings. The molecule has 0 radical (unpaired) electrons. The van der Waals surface area contributed by atoms with Crippen molar-refractivity contribution in [1.29, 1.82) is 0 Å². The van der Waals surface area contributed by atoms with Gasteiger partial charge in [0.15, 0.2) is 6.61 Å². The zero-order valence-corrected chi connectivity index (χ0v) is 15.5. The number of piperidine rings is 1. The molecule has 1 saturated heterocycles. The van der Waals surface area contributed by atoms with E-state index in [9.17, 15) is 4.79 Å². The number of hydrogen-bond acceptors (Lipinski definition) is 4. The van der Waals surface area contributed by atoms with Crippen molar-refractivity contribution in [2.45, 2.75) is 31.8 Å². The highest BCUT2D eigenvalue weighted by Crippen LogP contribution is 2.40. The summed E-state index contributed by atoms with van der Waals surface area (Å²) in [7, 11) is 0. The molecule has 3 heterocycles. The van der Waals surface area contributed by atoms with E-state index in [1.807, 2.05) is 24.1 Å². The summed E-state index contributed by atoms with van der Waals surface area (Å²) in [4.78, 5) is 14.4. The number of likely N-dealkylation sites (tertiary alicyclic amines) is 1. The van der Waals surface area contributed by atoms with E-state index in [4.69, 9.17) is 21.1 Å². The maximum absolute atomic E-state index is 12.5. The summed E-state index contributed by atoms with van der Waals surface area (Å²) in [5, 5.41) is 7.94. The molecule has 0 aliphatic carbocycles. The molecule has 0 atom stereocenters. The van der Waals surface area contributed by atoms with E-state index < -0.39 is 0 Å². The van der Waals surface area contributed by atoms with Gasteiger partial charge in [-0.05, 0) is 55.5 Å². The van der Waals surface area contributed by atoms with Crippen molar-refractivity contribution in [3.8, 4) is 5.75 Å². The Hall–Kier alpha value is -2.05. The Kier molecular flexibility index (Phi) is 4.63. The standard InChI is InChI=1S/C19H22ClN3O3/c1-13-10-15(20)2-3-16(13)25-12-17(24)23-7-5-19(6-8-23)18-14(4-9-26-19)11-21-22-18/h2-3,10-11H,4-9,12H2,1H3,(H,21,22). The Morgan fingerprint density at radius 3 is 3.00 bits per heavy atom. The fourth-order valence-corrected chi connectivity index (χ4v) is 4.07. The number of H-pyrrole nitrogens is 1. The van der Waals surface area contributed by atoms with E-state index in [0.29, 0.717) is 30.5 Å². The molecule has 1 aromatic heterocycles. The maximum atomic E-state index is 12.5. The number of nitrogens with zero attached hydrogens (tertiary/aromatic N) is 2. The van der Waals surface area contributed by atoms with Crippen molar-refractivity contribution in [1.82, 2.24) is 15.1 Å². The largest absolute Gasteiger partial charge is 0.483 e. The molecular formula is C19H22ClN3O3. The number of amides is 1. The second-order valence-electron chi connectivity index (χ2n) is 6.94. The number of fused-ring (bicyclic) bond motifs is 2. The van der Waals surface area contributed by atoms with Gasteiger partial charge in [-0.1, -0.05) is 11.6 Å². The van der Waals surface area contributed by atoms with Gasteiger partial charge in [-0.15, -0.1) is 0 Å². The summed E-state index contributed by atoms with van der Waals surface area (Å²) < 4.78 is 11.8. The van der Waals surface area contributed by atoms with E-state index >= 15 is 0 Å². The lowest BCUT2D eigenvalue weighted by atomic mass is 9.84. The van der Waals surface area contributed by atoms with Crippen LogP contribution in [0, 0.1) is 6.92 Å². The smallest absolute Gasteiger partial charge is 0.260 e. The Labute approximate surface area is 157 Å². The van der Waals surface area contributed by atoms with E-state index in [2.05, 4.69) is 10.2 Å². The molecule has 1 spiro atoms. The van der Waals surface area contributed by atoms with Gasteiger partial charge in [0.05, 0.1) is 18.5 Å². The lowest BCUT2D eigenvalue weighted by Gasteiger charge is -2.43. The number of aromatic amines is 1. The molecule has 4 rings (SSSR count). The summed E-state index contributed by atoms with van der Waals surface area (Å²) in [6, 6.07) is 5.39. The number of carbonyl (C=O) groups is 1. The minimum absolute atomic E-state index is 0.00477. The Morgan fingerprint density at radius 2 is 2.23 bits per heavy atom. The molecule has 0 unspecified atom stereocenters. The number of nitrogens with one attached hydrogen (secondary N) is 1. The fraction of sp³-hybridized carbons (Fsp3) is 0.474. The van der Waals surface area contributed by atoms with Crippen LogP contribution in [0.3, 0.4) is 0 Å². The van der Waals surface area contributed by atoms with Gasteiger partial charge in [0.1, 0.15) is 11.4 Å². The van der Waals surface area contributed by atoms with Crippen LogP contribution in [0.1, 0.15) is 29.7 Å². The van der Waals surface area contributed by atoms with Crippen LogP contribution in [0.5, 0.6) is 5.75 Å². The molecule has 0 saturated carbocycles. The molecule has 138 valence electrons. The van der Waals surface area contributed by atoms with Crippen molar-refractivity contribution >= 4 is 17.5 Å². The first-order chi connectivity index (χ1) is 12.6. The fourth-order valence-electron chi connectivity index (χ4n) is 3.84. The van der Waals surface area contributed by atoms with Crippen molar-refractivity contribution in [3.63, 3.8) is 0 Å². The third-order valence-corrected chi connectivity index (χ3v) is 5.57. The first-order valence-electron chi connectivity index (χ1n) is 8.91. The van der Waals surface area contributed by atoms with Crippen molar-refractivity contribution < 1.29 is 14.3 Å². The van der Waals surface area contributed by atoms with Crippen LogP contribution in [-0.4, -0.2) is 47.3 Å². The first-order valence-corrected chi connectivity index (χ1v) is 9.29. The maximum Gasteiger partial charge on any atom is 0.260 e. The van der Waals surface area contributed by atoms with E-state index in [1.54, 1.807) is 12.1 Å². The number of ether oxygens (including phenoxy) is 2. The SMILES string of the molecule is Cc1cc(Cl)ccc1OCC(=O)N1CCC2(CC1)OCCc1cn[nH]c12. The second kappa shape index (κ2) is 6.93. The van der Waals surface area contributed by atoms with Gasteiger partial charge >= 0.3 is 0 Å². The number of halogens is 1. The average molecular weight is 376 g/mol.